The zero-order valence-electron chi connectivity index (χ0n) is 23.8. The number of aliphatic hydroxyl groups is 2. The van der Waals surface area contributed by atoms with Crippen LogP contribution >= 0.6 is 0 Å². The van der Waals surface area contributed by atoms with Gasteiger partial charge in [0.05, 0.1) is 18.8 Å². The van der Waals surface area contributed by atoms with E-state index in [1.165, 1.54) is 122 Å². The normalized spacial score (nSPS) is 13.1. The van der Waals surface area contributed by atoms with Gasteiger partial charge in [-0.25, -0.2) is 0 Å². The highest BCUT2D eigenvalue weighted by Crippen LogP contribution is 2.14. The summed E-state index contributed by atoms with van der Waals surface area (Å²) < 4.78 is 0. The first-order chi connectivity index (χ1) is 17.2. The van der Waals surface area contributed by atoms with Gasteiger partial charge in [0.1, 0.15) is 0 Å². The van der Waals surface area contributed by atoms with Gasteiger partial charge in [-0.05, 0) is 12.8 Å². The van der Waals surface area contributed by atoms with Gasteiger partial charge in [0, 0.05) is 6.42 Å². The maximum Gasteiger partial charge on any atom is 0.220 e. The molecule has 0 heterocycles. The van der Waals surface area contributed by atoms with Gasteiger partial charge in [-0.15, -0.1) is 0 Å². The number of aliphatic hydroxyl groups excluding tert-OH is 2. The Hall–Kier alpha value is -0.610. The molecule has 0 saturated carbocycles. The van der Waals surface area contributed by atoms with Crippen molar-refractivity contribution in [1.29, 1.82) is 0 Å². The molecule has 210 valence electrons. The number of unbranched alkanes of at least 4 members (excludes halogenated alkanes) is 21. The molecule has 0 radical (unpaired) electrons. The number of hydrogen-bond donors (Lipinski definition) is 3. The third kappa shape index (κ3) is 24.8. The highest BCUT2D eigenvalue weighted by Gasteiger charge is 2.19. The van der Waals surface area contributed by atoms with Crippen molar-refractivity contribution in [1.82, 2.24) is 5.32 Å². The Bertz CT molecular complexity index is 429. The van der Waals surface area contributed by atoms with Crippen molar-refractivity contribution in [3.05, 3.63) is 0 Å². The minimum absolute atomic E-state index is 0.0331. The lowest BCUT2D eigenvalue weighted by Gasteiger charge is -2.22. The Morgan fingerprint density at radius 3 is 1.29 bits per heavy atom. The first-order valence-corrected chi connectivity index (χ1v) is 15.7. The van der Waals surface area contributed by atoms with E-state index >= 15 is 0 Å². The standard InChI is InChI=1S/C31H63NO3/c1-3-5-7-9-11-13-15-16-17-19-21-23-25-27-31(35)32-29(28-33)30(34)26-24-22-20-18-14-12-10-8-6-4-2/h29-30,33-34H,3-28H2,1-2H3,(H,32,35). The highest BCUT2D eigenvalue weighted by molar-refractivity contribution is 5.76. The third-order valence-electron chi connectivity index (χ3n) is 7.37. The second kappa shape index (κ2) is 28.0. The minimum Gasteiger partial charge on any atom is -0.394 e. The van der Waals surface area contributed by atoms with Crippen LogP contribution in [-0.2, 0) is 4.79 Å². The number of hydrogen-bond acceptors (Lipinski definition) is 3. The molecule has 1 amide bonds. The second-order valence-electron chi connectivity index (χ2n) is 10.9. The molecule has 2 atom stereocenters. The van der Waals surface area contributed by atoms with E-state index in [1.807, 2.05) is 0 Å². The molecule has 0 aromatic heterocycles. The molecule has 0 fully saturated rings. The summed E-state index contributed by atoms with van der Waals surface area (Å²) >= 11 is 0. The van der Waals surface area contributed by atoms with Gasteiger partial charge in [-0.3, -0.25) is 4.79 Å². The average molecular weight is 498 g/mol. The highest BCUT2D eigenvalue weighted by atomic mass is 16.3. The molecule has 35 heavy (non-hydrogen) atoms. The fourth-order valence-corrected chi connectivity index (χ4v) is 4.89. The van der Waals surface area contributed by atoms with Crippen LogP contribution in [0.15, 0.2) is 0 Å². The maximum absolute atomic E-state index is 12.2. The van der Waals surface area contributed by atoms with Crippen molar-refractivity contribution in [2.24, 2.45) is 0 Å². The lowest BCUT2D eigenvalue weighted by atomic mass is 10.0. The summed E-state index contributed by atoms with van der Waals surface area (Å²) in [6.45, 7) is 4.33. The Kier molecular flexibility index (Phi) is 27.5. The molecule has 2 unspecified atom stereocenters. The van der Waals surface area contributed by atoms with Crippen molar-refractivity contribution in [2.75, 3.05) is 6.61 Å². The molecule has 0 aliphatic rings. The number of rotatable bonds is 28. The second-order valence-corrected chi connectivity index (χ2v) is 10.9. The lowest BCUT2D eigenvalue weighted by Crippen LogP contribution is -2.45. The Morgan fingerprint density at radius 1 is 0.571 bits per heavy atom. The predicted octanol–water partition coefficient (Wildman–Crippen LogP) is 8.62. The summed E-state index contributed by atoms with van der Waals surface area (Å²) in [6, 6.07) is -0.525. The Labute approximate surface area is 219 Å². The molecule has 0 aliphatic carbocycles. The summed E-state index contributed by atoms with van der Waals surface area (Å²) in [5.41, 5.74) is 0. The van der Waals surface area contributed by atoms with Gasteiger partial charge in [-0.1, -0.05) is 155 Å². The number of carbonyl (C=O) groups excluding carboxylic acids is 1. The number of amides is 1. The molecular weight excluding hydrogens is 434 g/mol. The van der Waals surface area contributed by atoms with Crippen LogP contribution < -0.4 is 5.32 Å². The summed E-state index contributed by atoms with van der Waals surface area (Å²) in [5, 5.41) is 22.9. The zero-order chi connectivity index (χ0) is 25.8. The summed E-state index contributed by atoms with van der Waals surface area (Å²) in [6.07, 6.45) is 30.0. The smallest absolute Gasteiger partial charge is 0.220 e. The van der Waals surface area contributed by atoms with Crippen LogP contribution in [0, 0.1) is 0 Å². The van der Waals surface area contributed by atoms with Crippen LogP contribution in [0.5, 0.6) is 0 Å². The van der Waals surface area contributed by atoms with Crippen molar-refractivity contribution in [3.8, 4) is 0 Å². The van der Waals surface area contributed by atoms with Crippen LogP contribution in [0.2, 0.25) is 0 Å². The van der Waals surface area contributed by atoms with E-state index in [0.717, 1.165) is 25.7 Å². The topological polar surface area (TPSA) is 69.6 Å². The molecule has 0 rings (SSSR count). The number of carbonyl (C=O) groups is 1. The van der Waals surface area contributed by atoms with Gasteiger partial charge in [-0.2, -0.15) is 0 Å². The predicted molar refractivity (Wildman–Crippen MR) is 152 cm³/mol. The zero-order valence-corrected chi connectivity index (χ0v) is 23.8. The van der Waals surface area contributed by atoms with Gasteiger partial charge in [0.25, 0.3) is 0 Å². The maximum atomic E-state index is 12.2. The third-order valence-corrected chi connectivity index (χ3v) is 7.37. The van der Waals surface area contributed by atoms with Crippen LogP contribution in [0.1, 0.15) is 174 Å². The average Bonchev–Trinajstić information content (AvgIpc) is 2.86. The van der Waals surface area contributed by atoms with Crippen LogP contribution in [0.4, 0.5) is 0 Å². The Morgan fingerprint density at radius 2 is 0.914 bits per heavy atom. The summed E-state index contributed by atoms with van der Waals surface area (Å²) in [7, 11) is 0. The molecule has 4 nitrogen and oxygen atoms in total. The monoisotopic (exact) mass is 497 g/mol. The van der Waals surface area contributed by atoms with E-state index in [0.29, 0.717) is 12.8 Å². The first kappa shape index (κ1) is 34.4. The summed E-state index contributed by atoms with van der Waals surface area (Å²) in [5.74, 6) is -0.0331. The lowest BCUT2D eigenvalue weighted by molar-refractivity contribution is -0.123. The fourth-order valence-electron chi connectivity index (χ4n) is 4.89. The Balaban J connectivity index is 3.57. The molecule has 0 bridgehead atoms. The van der Waals surface area contributed by atoms with Crippen LogP contribution in [0.25, 0.3) is 0 Å². The molecule has 0 spiro atoms. The molecule has 0 aliphatic heterocycles. The van der Waals surface area contributed by atoms with Gasteiger partial charge < -0.3 is 15.5 Å². The number of nitrogens with one attached hydrogen (secondary N) is 1. The molecule has 0 saturated heterocycles. The van der Waals surface area contributed by atoms with E-state index < -0.39 is 12.1 Å². The molecule has 0 aromatic rings. The fraction of sp³-hybridized carbons (Fsp3) is 0.968. The van der Waals surface area contributed by atoms with E-state index in [4.69, 9.17) is 0 Å². The van der Waals surface area contributed by atoms with Gasteiger partial charge in [0.2, 0.25) is 5.91 Å². The van der Waals surface area contributed by atoms with Crippen molar-refractivity contribution in [3.63, 3.8) is 0 Å². The van der Waals surface area contributed by atoms with Crippen LogP contribution in [0.3, 0.4) is 0 Å². The van der Waals surface area contributed by atoms with E-state index in [2.05, 4.69) is 19.2 Å². The SMILES string of the molecule is CCCCCCCCCCCCCCCC(=O)NC(CO)C(O)CCCCCCCCCCCC. The quantitative estimate of drug-likeness (QED) is 0.0947. The molecule has 4 heteroatoms. The van der Waals surface area contributed by atoms with E-state index in [1.54, 1.807) is 0 Å². The van der Waals surface area contributed by atoms with Gasteiger partial charge in [0.15, 0.2) is 0 Å². The largest absolute Gasteiger partial charge is 0.394 e. The van der Waals surface area contributed by atoms with Crippen LogP contribution in [-0.4, -0.2) is 34.9 Å². The molecule has 0 aromatic carbocycles. The molecule has 3 N–H and O–H groups in total. The molecular formula is C31H63NO3. The van der Waals surface area contributed by atoms with E-state index in [-0.39, 0.29) is 12.5 Å². The van der Waals surface area contributed by atoms with E-state index in [9.17, 15) is 15.0 Å². The van der Waals surface area contributed by atoms with Crippen molar-refractivity contribution < 1.29 is 15.0 Å². The van der Waals surface area contributed by atoms with Gasteiger partial charge >= 0.3 is 0 Å². The summed E-state index contributed by atoms with van der Waals surface area (Å²) in [4.78, 5) is 12.2. The van der Waals surface area contributed by atoms with Crippen molar-refractivity contribution in [2.45, 2.75) is 187 Å². The first-order valence-electron chi connectivity index (χ1n) is 15.7. The minimum atomic E-state index is -0.648. The van der Waals surface area contributed by atoms with Crippen molar-refractivity contribution >= 4 is 5.91 Å².